The molecule has 0 saturated carbocycles. The molecule has 1 fully saturated rings. The molecule has 89 heavy (non-hydrogen) atoms. The number of carbonyl (C=O) groups is 2. The van der Waals surface area contributed by atoms with E-state index in [1.165, 1.54) is 321 Å². The number of unbranched alkanes of at least 4 members (excludes halogenated alkanes) is 54. The lowest BCUT2D eigenvalue weighted by Gasteiger charge is -2.40. The molecule has 0 bridgehead atoms. The maximum atomic E-state index is 13.1. The van der Waals surface area contributed by atoms with E-state index in [2.05, 4.69) is 31.3 Å². The van der Waals surface area contributed by atoms with Gasteiger partial charge in [-0.05, 0) is 44.9 Å². The van der Waals surface area contributed by atoms with Crippen LogP contribution in [-0.2, 0) is 23.8 Å². The second-order valence-electron chi connectivity index (χ2n) is 27.4. The van der Waals surface area contributed by atoms with Crippen LogP contribution in [0.15, 0.2) is 24.3 Å². The summed E-state index contributed by atoms with van der Waals surface area (Å²) in [5.74, 6) is -0.166. The summed E-state index contributed by atoms with van der Waals surface area (Å²) in [6.45, 7) is 4.37. The van der Waals surface area contributed by atoms with E-state index in [1.807, 2.05) is 6.08 Å². The van der Waals surface area contributed by atoms with Crippen LogP contribution in [0, 0.1) is 0 Å². The topological polar surface area (TPSA) is 175 Å². The molecule has 0 aromatic carbocycles. The molecule has 11 nitrogen and oxygen atoms in total. The van der Waals surface area contributed by atoms with Crippen LogP contribution in [0.3, 0.4) is 0 Å². The monoisotopic (exact) mass is 1260 g/mol. The van der Waals surface area contributed by atoms with E-state index in [0.717, 1.165) is 51.4 Å². The quantitative estimate of drug-likeness (QED) is 0.0195. The first-order valence-electron chi connectivity index (χ1n) is 39.1. The summed E-state index contributed by atoms with van der Waals surface area (Å²) in [5, 5.41) is 54.5. The number of hydrogen-bond acceptors (Lipinski definition) is 10. The molecule has 1 aliphatic heterocycles. The van der Waals surface area contributed by atoms with Gasteiger partial charge in [0.2, 0.25) is 5.91 Å². The van der Waals surface area contributed by atoms with E-state index < -0.39 is 49.5 Å². The summed E-state index contributed by atoms with van der Waals surface area (Å²) in [7, 11) is 0. The molecule has 7 unspecified atom stereocenters. The van der Waals surface area contributed by atoms with Gasteiger partial charge in [-0.15, -0.1) is 0 Å². The van der Waals surface area contributed by atoms with Crippen molar-refractivity contribution in [2.24, 2.45) is 0 Å². The van der Waals surface area contributed by atoms with Gasteiger partial charge >= 0.3 is 5.97 Å². The first-order chi connectivity index (χ1) is 43.7. The first kappa shape index (κ1) is 85.2. The van der Waals surface area contributed by atoms with E-state index in [1.54, 1.807) is 6.08 Å². The van der Waals surface area contributed by atoms with Crippen LogP contribution >= 0.6 is 0 Å². The van der Waals surface area contributed by atoms with Crippen LogP contribution in [0.1, 0.15) is 399 Å². The molecule has 1 aliphatic rings. The zero-order chi connectivity index (χ0) is 64.4. The Morgan fingerprint density at radius 2 is 0.730 bits per heavy atom. The molecule has 6 N–H and O–H groups in total. The van der Waals surface area contributed by atoms with Crippen molar-refractivity contribution in [1.29, 1.82) is 0 Å². The number of carbonyl (C=O) groups excluding carboxylic acids is 2. The molecule has 0 aromatic rings. The summed E-state index contributed by atoms with van der Waals surface area (Å²) in [6.07, 6.45) is 76.5. The molecule has 0 spiro atoms. The zero-order valence-corrected chi connectivity index (χ0v) is 58.7. The number of ether oxygens (including phenoxy) is 3. The predicted octanol–water partition coefficient (Wildman–Crippen LogP) is 20.8. The van der Waals surface area contributed by atoms with Crippen molar-refractivity contribution < 1.29 is 49.3 Å². The van der Waals surface area contributed by atoms with Crippen molar-refractivity contribution >= 4 is 11.9 Å². The summed E-state index contributed by atoms with van der Waals surface area (Å²) < 4.78 is 16.7. The van der Waals surface area contributed by atoms with Crippen molar-refractivity contribution in [1.82, 2.24) is 5.32 Å². The standard InChI is InChI=1S/C78H149NO10/c1-3-5-7-9-11-13-15-44-48-52-56-60-64-71(81)70(69-88-78-77(86)76(85)75(84)72(68-80)89-78)79-73(82)65-61-57-53-49-45-42-40-38-36-34-32-30-28-26-24-22-20-18-17-19-21-23-25-27-29-31-33-35-37-39-41-43-47-51-55-59-63-67-87-74(83)66-62-58-54-50-46-16-14-12-10-8-6-4-2/h44,48,60,64,70-72,75-78,80-81,84-86H,3-43,45-47,49-59,61-63,65-69H2,1-2H3,(H,79,82)/b48-44+,64-60+. The summed E-state index contributed by atoms with van der Waals surface area (Å²) in [6, 6.07) is -0.822. The Labute approximate surface area is 550 Å². The largest absolute Gasteiger partial charge is 0.466 e. The van der Waals surface area contributed by atoms with Gasteiger partial charge in [0.25, 0.3) is 0 Å². The van der Waals surface area contributed by atoms with Crippen molar-refractivity contribution in [3.63, 3.8) is 0 Å². The highest BCUT2D eigenvalue weighted by atomic mass is 16.7. The second kappa shape index (κ2) is 67.6. The van der Waals surface area contributed by atoms with Crippen molar-refractivity contribution in [3.05, 3.63) is 24.3 Å². The number of hydrogen-bond donors (Lipinski definition) is 6. The van der Waals surface area contributed by atoms with Crippen LogP contribution in [0.4, 0.5) is 0 Å². The highest BCUT2D eigenvalue weighted by Gasteiger charge is 2.44. The van der Waals surface area contributed by atoms with Gasteiger partial charge in [-0.2, -0.15) is 0 Å². The Morgan fingerprint density at radius 1 is 0.404 bits per heavy atom. The first-order valence-corrected chi connectivity index (χ1v) is 39.1. The van der Waals surface area contributed by atoms with Crippen LogP contribution in [0.5, 0.6) is 0 Å². The van der Waals surface area contributed by atoms with Crippen molar-refractivity contribution in [3.8, 4) is 0 Å². The minimum Gasteiger partial charge on any atom is -0.466 e. The molecule has 7 atom stereocenters. The van der Waals surface area contributed by atoms with Crippen LogP contribution in [-0.4, -0.2) is 100 Å². The molecule has 11 heteroatoms. The van der Waals surface area contributed by atoms with Crippen LogP contribution < -0.4 is 5.32 Å². The maximum absolute atomic E-state index is 13.1. The van der Waals surface area contributed by atoms with Crippen LogP contribution in [0.2, 0.25) is 0 Å². The number of nitrogens with one attached hydrogen (secondary N) is 1. The van der Waals surface area contributed by atoms with Gasteiger partial charge in [-0.1, -0.05) is 366 Å². The van der Waals surface area contributed by atoms with E-state index in [0.29, 0.717) is 19.4 Å². The Kier molecular flexibility index (Phi) is 64.6. The van der Waals surface area contributed by atoms with Gasteiger partial charge in [-0.3, -0.25) is 9.59 Å². The Balaban J connectivity index is 1.88. The number of aliphatic hydroxyl groups is 5. The van der Waals surface area contributed by atoms with Crippen molar-refractivity contribution in [2.75, 3.05) is 19.8 Å². The zero-order valence-electron chi connectivity index (χ0n) is 58.7. The molecule has 0 aromatic heterocycles. The fourth-order valence-electron chi connectivity index (χ4n) is 12.7. The normalized spacial score (nSPS) is 17.8. The maximum Gasteiger partial charge on any atom is 0.305 e. The number of amides is 1. The number of allylic oxidation sites excluding steroid dienone is 3. The van der Waals surface area contributed by atoms with Gasteiger partial charge in [0.1, 0.15) is 24.4 Å². The average molecular weight is 1260 g/mol. The fraction of sp³-hybridized carbons (Fsp3) is 0.923. The van der Waals surface area contributed by atoms with Gasteiger partial charge in [0.15, 0.2) is 6.29 Å². The molecule has 1 rings (SSSR count). The molecule has 526 valence electrons. The van der Waals surface area contributed by atoms with E-state index in [9.17, 15) is 35.1 Å². The number of rotatable bonds is 70. The SMILES string of the molecule is CCCCCCCC/C=C/CC/C=C/C(O)C(COC1OC(CO)C(O)C(O)C1O)NC(=O)CCCCCCCCCCCCCCCCCCCCCCCCCCCCCCCCCCCCCCCOC(=O)CCCCCCCCCCCCCC. The molecular weight excluding hydrogens is 1110 g/mol. The minimum absolute atomic E-state index is 0.0185. The second-order valence-corrected chi connectivity index (χ2v) is 27.4. The predicted molar refractivity (Wildman–Crippen MR) is 375 cm³/mol. The fourth-order valence-corrected chi connectivity index (χ4v) is 12.7. The number of aliphatic hydroxyl groups excluding tert-OH is 5. The molecule has 1 saturated heterocycles. The Hall–Kier alpha value is -1.86. The lowest BCUT2D eigenvalue weighted by Crippen LogP contribution is -2.60. The summed E-state index contributed by atoms with van der Waals surface area (Å²) in [4.78, 5) is 25.1. The van der Waals surface area contributed by atoms with E-state index >= 15 is 0 Å². The molecule has 0 radical (unpaired) electrons. The third-order valence-electron chi connectivity index (χ3n) is 18.8. The van der Waals surface area contributed by atoms with Crippen molar-refractivity contribution in [2.45, 2.75) is 442 Å². The molecule has 0 aliphatic carbocycles. The summed E-state index contributed by atoms with van der Waals surface area (Å²) >= 11 is 0. The molecular formula is C78H149NO10. The van der Waals surface area contributed by atoms with E-state index in [-0.39, 0.29) is 18.5 Å². The van der Waals surface area contributed by atoms with Gasteiger partial charge in [-0.25, -0.2) is 0 Å². The molecule has 1 heterocycles. The minimum atomic E-state index is -1.57. The van der Waals surface area contributed by atoms with Gasteiger partial charge in [0.05, 0.1) is 32.0 Å². The van der Waals surface area contributed by atoms with E-state index in [4.69, 9.17) is 14.2 Å². The smallest absolute Gasteiger partial charge is 0.305 e. The number of esters is 1. The third kappa shape index (κ3) is 56.2. The Bertz CT molecular complexity index is 1530. The lowest BCUT2D eigenvalue weighted by molar-refractivity contribution is -0.302. The Morgan fingerprint density at radius 3 is 1.11 bits per heavy atom. The average Bonchev–Trinajstić information content (AvgIpc) is 2.35. The molecule has 1 amide bonds. The van der Waals surface area contributed by atoms with Gasteiger partial charge in [0, 0.05) is 12.8 Å². The van der Waals surface area contributed by atoms with Crippen LogP contribution in [0.25, 0.3) is 0 Å². The highest BCUT2D eigenvalue weighted by Crippen LogP contribution is 2.24. The summed E-state index contributed by atoms with van der Waals surface area (Å²) in [5.41, 5.74) is 0. The lowest BCUT2D eigenvalue weighted by atomic mass is 9.99. The third-order valence-corrected chi connectivity index (χ3v) is 18.8. The van der Waals surface area contributed by atoms with Gasteiger partial charge < -0.3 is 45.1 Å². The highest BCUT2D eigenvalue weighted by molar-refractivity contribution is 5.76.